The van der Waals surface area contributed by atoms with Crippen molar-refractivity contribution in [3.63, 3.8) is 0 Å². The van der Waals surface area contributed by atoms with Gasteiger partial charge in [0, 0.05) is 19.9 Å². The van der Waals surface area contributed by atoms with E-state index >= 15 is 0 Å². The minimum absolute atomic E-state index is 0.0335. The molecule has 0 saturated heterocycles. The van der Waals surface area contributed by atoms with E-state index in [9.17, 15) is 9.59 Å². The number of halogens is 2. The maximum absolute atomic E-state index is 13.7. The normalized spacial score (nSPS) is 13.3. The van der Waals surface area contributed by atoms with Gasteiger partial charge in [0.25, 0.3) is 5.56 Å². The Labute approximate surface area is 206 Å². The van der Waals surface area contributed by atoms with E-state index in [0.717, 1.165) is 51.6 Å². The molecule has 2 aromatic carbocycles. The van der Waals surface area contributed by atoms with E-state index in [4.69, 9.17) is 16.6 Å². The van der Waals surface area contributed by atoms with Crippen LogP contribution in [-0.4, -0.2) is 21.1 Å². The number of aromatic nitrogens is 2. The van der Waals surface area contributed by atoms with E-state index in [1.54, 1.807) is 40.2 Å². The molecule has 0 N–H and O–H groups in total. The molecule has 0 saturated carbocycles. The van der Waals surface area contributed by atoms with Crippen LogP contribution in [-0.2, 0) is 12.8 Å². The lowest BCUT2D eigenvalue weighted by molar-refractivity contribution is 0.102. The van der Waals surface area contributed by atoms with E-state index in [1.165, 1.54) is 16.6 Å². The number of rotatable bonds is 5. The zero-order valence-corrected chi connectivity index (χ0v) is 20.9. The third kappa shape index (κ3) is 4.19. The first kappa shape index (κ1) is 21.9. The molecule has 0 spiro atoms. The molecule has 1 aliphatic rings. The summed E-state index contributed by atoms with van der Waals surface area (Å²) in [5.74, 6) is 0.148. The van der Waals surface area contributed by atoms with Crippen LogP contribution in [0.2, 0.25) is 5.02 Å². The van der Waals surface area contributed by atoms with E-state index in [2.05, 4.69) is 15.9 Å². The van der Waals surface area contributed by atoms with Crippen molar-refractivity contribution in [3.8, 4) is 5.69 Å². The second-order valence-corrected chi connectivity index (χ2v) is 11.0. The lowest BCUT2D eigenvalue weighted by Crippen LogP contribution is -2.22. The lowest BCUT2D eigenvalue weighted by Gasteiger charge is -2.13. The molecule has 0 unspecified atom stereocenters. The van der Waals surface area contributed by atoms with Gasteiger partial charge in [-0.1, -0.05) is 39.3 Å². The molecule has 0 aliphatic heterocycles. The largest absolute Gasteiger partial charge is 0.293 e. The van der Waals surface area contributed by atoms with Gasteiger partial charge in [-0.15, -0.1) is 11.3 Å². The summed E-state index contributed by atoms with van der Waals surface area (Å²) in [4.78, 5) is 33.4. The van der Waals surface area contributed by atoms with Crippen molar-refractivity contribution in [1.82, 2.24) is 9.55 Å². The standard InChI is InChI=1S/C24H18BrClN2O2S2/c25-15-7-11-17(12-8-15)28-23(30)21-18-3-1-2-4-20(18)32-22(21)27-24(28)31-13-19(29)14-5-9-16(26)10-6-14/h5-12H,1-4,13H2. The molecule has 4 nitrogen and oxygen atoms in total. The number of thioether (sulfide) groups is 1. The van der Waals surface area contributed by atoms with Gasteiger partial charge >= 0.3 is 0 Å². The molecular weight excluding hydrogens is 528 g/mol. The number of carbonyl (C=O) groups is 1. The summed E-state index contributed by atoms with van der Waals surface area (Å²) in [6, 6.07) is 14.4. The number of thiophene rings is 1. The van der Waals surface area contributed by atoms with Crippen molar-refractivity contribution in [1.29, 1.82) is 0 Å². The molecule has 0 radical (unpaired) electrons. The molecule has 0 bridgehead atoms. The first-order valence-electron chi connectivity index (χ1n) is 10.3. The Morgan fingerprint density at radius 2 is 1.81 bits per heavy atom. The molecule has 5 rings (SSSR count). The molecule has 32 heavy (non-hydrogen) atoms. The highest BCUT2D eigenvalue weighted by molar-refractivity contribution is 9.10. The summed E-state index contributed by atoms with van der Waals surface area (Å²) < 4.78 is 2.58. The SMILES string of the molecule is O=C(CSc1nc2sc3c(c2c(=O)n1-c1ccc(Br)cc1)CCCC3)c1ccc(Cl)cc1. The van der Waals surface area contributed by atoms with E-state index < -0.39 is 0 Å². The van der Waals surface area contributed by atoms with Gasteiger partial charge in [-0.05, 0) is 79.8 Å². The zero-order chi connectivity index (χ0) is 22.2. The van der Waals surface area contributed by atoms with Gasteiger partial charge in [-0.3, -0.25) is 14.2 Å². The number of nitrogens with zero attached hydrogens (tertiary/aromatic N) is 2. The highest BCUT2D eigenvalue weighted by atomic mass is 79.9. The van der Waals surface area contributed by atoms with Gasteiger partial charge in [0.1, 0.15) is 4.83 Å². The van der Waals surface area contributed by atoms with Crippen LogP contribution >= 0.6 is 50.6 Å². The molecule has 1 aliphatic carbocycles. The molecule has 2 heterocycles. The topological polar surface area (TPSA) is 52.0 Å². The van der Waals surface area contributed by atoms with Crippen LogP contribution in [0.5, 0.6) is 0 Å². The summed E-state index contributed by atoms with van der Waals surface area (Å²) in [6.45, 7) is 0. The summed E-state index contributed by atoms with van der Waals surface area (Å²) in [7, 11) is 0. The predicted octanol–water partition coefficient (Wildman–Crippen LogP) is 6.72. The van der Waals surface area contributed by atoms with Crippen LogP contribution < -0.4 is 5.56 Å². The van der Waals surface area contributed by atoms with E-state index in [-0.39, 0.29) is 17.1 Å². The fourth-order valence-electron chi connectivity index (χ4n) is 3.95. The Hall–Kier alpha value is -1.93. The minimum atomic E-state index is -0.0573. The van der Waals surface area contributed by atoms with Crippen LogP contribution in [0.25, 0.3) is 15.9 Å². The fourth-order valence-corrected chi connectivity index (χ4v) is 6.55. The molecule has 8 heteroatoms. The highest BCUT2D eigenvalue weighted by Crippen LogP contribution is 2.35. The second-order valence-electron chi connectivity index (χ2n) is 7.62. The molecule has 162 valence electrons. The Bertz CT molecular complexity index is 1380. The average Bonchev–Trinajstić information content (AvgIpc) is 3.17. The molecule has 0 fully saturated rings. The van der Waals surface area contributed by atoms with Crippen molar-refractivity contribution in [2.24, 2.45) is 0 Å². The molecule has 2 aromatic heterocycles. The number of hydrogen-bond acceptors (Lipinski definition) is 5. The van der Waals surface area contributed by atoms with Gasteiger partial charge in [-0.25, -0.2) is 4.98 Å². The van der Waals surface area contributed by atoms with Gasteiger partial charge in [0.2, 0.25) is 0 Å². The van der Waals surface area contributed by atoms with Crippen LogP contribution in [0.15, 0.2) is 63.0 Å². The van der Waals surface area contributed by atoms with Crippen LogP contribution in [0.1, 0.15) is 33.6 Å². The Balaban J connectivity index is 1.59. The molecule has 0 amide bonds. The Kier molecular flexibility index (Phi) is 6.25. The fraction of sp³-hybridized carbons (Fsp3) is 0.208. The maximum atomic E-state index is 13.7. The van der Waals surface area contributed by atoms with Crippen molar-refractivity contribution in [2.45, 2.75) is 30.8 Å². The zero-order valence-electron chi connectivity index (χ0n) is 16.9. The second kappa shape index (κ2) is 9.14. The summed E-state index contributed by atoms with van der Waals surface area (Å²) in [6.07, 6.45) is 4.18. The van der Waals surface area contributed by atoms with Gasteiger partial charge < -0.3 is 0 Å². The maximum Gasteiger partial charge on any atom is 0.267 e. The molecular formula is C24H18BrClN2O2S2. The predicted molar refractivity (Wildman–Crippen MR) is 136 cm³/mol. The quantitative estimate of drug-likeness (QED) is 0.159. The number of benzene rings is 2. The van der Waals surface area contributed by atoms with Crippen LogP contribution in [0, 0.1) is 0 Å². The minimum Gasteiger partial charge on any atom is -0.293 e. The summed E-state index contributed by atoms with van der Waals surface area (Å²) in [5.41, 5.74) is 2.43. The van der Waals surface area contributed by atoms with Crippen LogP contribution in [0.4, 0.5) is 0 Å². The third-order valence-electron chi connectivity index (χ3n) is 5.54. The number of hydrogen-bond donors (Lipinski definition) is 0. The Morgan fingerprint density at radius 1 is 1.09 bits per heavy atom. The number of carbonyl (C=O) groups excluding carboxylic acids is 1. The van der Waals surface area contributed by atoms with Crippen molar-refractivity contribution >= 4 is 66.6 Å². The number of aryl methyl sites for hydroxylation is 2. The molecule has 0 atom stereocenters. The van der Waals surface area contributed by atoms with Crippen molar-refractivity contribution in [3.05, 3.63) is 84.4 Å². The lowest BCUT2D eigenvalue weighted by atomic mass is 9.97. The monoisotopic (exact) mass is 544 g/mol. The van der Waals surface area contributed by atoms with Gasteiger partial charge in [-0.2, -0.15) is 0 Å². The van der Waals surface area contributed by atoms with E-state index in [1.807, 2.05) is 24.3 Å². The average molecular weight is 546 g/mol. The first-order chi connectivity index (χ1) is 15.5. The van der Waals surface area contributed by atoms with Gasteiger partial charge in [0.15, 0.2) is 10.9 Å². The highest BCUT2D eigenvalue weighted by Gasteiger charge is 2.23. The van der Waals surface area contributed by atoms with Crippen molar-refractivity contribution in [2.75, 3.05) is 5.75 Å². The Morgan fingerprint density at radius 3 is 2.56 bits per heavy atom. The number of fused-ring (bicyclic) bond motifs is 3. The summed E-state index contributed by atoms with van der Waals surface area (Å²) >= 11 is 12.3. The van der Waals surface area contributed by atoms with E-state index in [0.29, 0.717) is 15.7 Å². The number of ketones is 1. The number of Topliss-reactive ketones (excluding diaryl/α,β-unsaturated/α-hetero) is 1. The van der Waals surface area contributed by atoms with Crippen LogP contribution in [0.3, 0.4) is 0 Å². The first-order valence-corrected chi connectivity index (χ1v) is 13.2. The van der Waals surface area contributed by atoms with Gasteiger partial charge in [0.05, 0.1) is 16.8 Å². The smallest absolute Gasteiger partial charge is 0.267 e. The van der Waals surface area contributed by atoms with Crippen molar-refractivity contribution < 1.29 is 4.79 Å². The third-order valence-corrected chi connectivity index (χ3v) is 8.45. The molecule has 4 aromatic rings. The summed E-state index contributed by atoms with van der Waals surface area (Å²) in [5, 5.41) is 1.86.